The molecule has 0 aliphatic rings. The van der Waals surface area contributed by atoms with E-state index in [9.17, 15) is 31.0 Å². The lowest BCUT2D eigenvalue weighted by atomic mass is 10.1. The maximum absolute atomic E-state index is 11.8. The first-order valence-electron chi connectivity index (χ1n) is 8.23. The Hall–Kier alpha value is -3.06. The minimum Gasteiger partial charge on any atom is -0.505 e. The summed E-state index contributed by atoms with van der Waals surface area (Å²) in [7, 11) is -8.01. The Labute approximate surface area is 172 Å². The summed E-state index contributed by atoms with van der Waals surface area (Å²) in [4.78, 5) is -1.25. The normalized spacial score (nSPS) is 12.5. The van der Waals surface area contributed by atoms with Crippen LogP contribution in [0.5, 0.6) is 11.5 Å². The fourth-order valence-electron chi connectivity index (χ4n) is 2.76. The molecule has 10 nitrogen and oxygen atoms in total. The van der Waals surface area contributed by atoms with E-state index in [1.54, 1.807) is 25.1 Å². The molecule has 0 spiro atoms. The first-order valence-corrected chi connectivity index (χ1v) is 11.1. The molecule has 0 unspecified atom stereocenters. The molecule has 0 amide bonds. The summed E-state index contributed by atoms with van der Waals surface area (Å²) in [5.41, 5.74) is 0.422. The molecular weight excluding hydrogens is 436 g/mol. The molecule has 30 heavy (non-hydrogen) atoms. The largest absolute Gasteiger partial charge is 0.505 e. The Morgan fingerprint density at radius 3 is 2.20 bits per heavy atom. The van der Waals surface area contributed by atoms with Gasteiger partial charge in [0.1, 0.15) is 22.0 Å². The highest BCUT2D eigenvalue weighted by Gasteiger charge is 2.23. The highest BCUT2D eigenvalue weighted by molar-refractivity contribution is 7.86. The van der Waals surface area contributed by atoms with Gasteiger partial charge in [-0.05, 0) is 48.2 Å². The summed E-state index contributed by atoms with van der Waals surface area (Å²) in [6.45, 7) is 1.78. The van der Waals surface area contributed by atoms with Gasteiger partial charge in [-0.1, -0.05) is 12.1 Å². The van der Waals surface area contributed by atoms with E-state index in [2.05, 4.69) is 10.2 Å². The summed E-state index contributed by atoms with van der Waals surface area (Å²) in [6, 6.07) is 9.10. The van der Waals surface area contributed by atoms with Crippen LogP contribution in [0.3, 0.4) is 0 Å². The molecule has 0 aromatic heterocycles. The Balaban J connectivity index is 2.31. The molecule has 158 valence electrons. The van der Waals surface area contributed by atoms with Gasteiger partial charge in [-0.2, -0.15) is 16.8 Å². The minimum atomic E-state index is -4.83. The predicted octanol–water partition coefficient (Wildman–Crippen LogP) is 3.77. The van der Waals surface area contributed by atoms with Crippen molar-refractivity contribution in [3.8, 4) is 11.5 Å². The Bertz CT molecular complexity index is 1400. The van der Waals surface area contributed by atoms with E-state index in [1.807, 2.05) is 0 Å². The van der Waals surface area contributed by atoms with Crippen LogP contribution in [0.1, 0.15) is 5.56 Å². The number of phenols is 1. The summed E-state index contributed by atoms with van der Waals surface area (Å²) in [5.74, 6) is -0.423. The Morgan fingerprint density at radius 1 is 0.900 bits per heavy atom. The lowest BCUT2D eigenvalue weighted by Crippen LogP contribution is -2.00. The van der Waals surface area contributed by atoms with Crippen molar-refractivity contribution in [3.05, 3.63) is 48.0 Å². The summed E-state index contributed by atoms with van der Waals surface area (Å²) in [5, 5.41) is 18.3. The van der Waals surface area contributed by atoms with Gasteiger partial charge in [-0.3, -0.25) is 9.11 Å². The van der Waals surface area contributed by atoms with Crippen molar-refractivity contribution in [3.63, 3.8) is 0 Å². The molecule has 3 aromatic carbocycles. The highest BCUT2D eigenvalue weighted by Crippen LogP contribution is 2.42. The summed E-state index contributed by atoms with van der Waals surface area (Å²) < 4.78 is 70.4. The third-order valence-electron chi connectivity index (χ3n) is 4.19. The molecule has 0 saturated heterocycles. The number of aryl methyl sites for hydroxylation is 1. The van der Waals surface area contributed by atoms with E-state index in [0.717, 1.165) is 29.8 Å². The Morgan fingerprint density at radius 2 is 1.60 bits per heavy atom. The summed E-state index contributed by atoms with van der Waals surface area (Å²) in [6.07, 6.45) is 0. The second kappa shape index (κ2) is 7.65. The number of rotatable bonds is 5. The van der Waals surface area contributed by atoms with Crippen molar-refractivity contribution in [1.29, 1.82) is 0 Å². The molecule has 0 radical (unpaired) electrons. The fraction of sp³-hybridized carbons (Fsp3) is 0.111. The van der Waals surface area contributed by atoms with Crippen LogP contribution in [0.4, 0.5) is 11.4 Å². The fourth-order valence-corrected chi connectivity index (χ4v) is 3.92. The number of phenolic OH excluding ortho intramolecular Hbond substituents is 1. The van der Waals surface area contributed by atoms with E-state index in [4.69, 9.17) is 4.74 Å². The predicted molar refractivity (Wildman–Crippen MR) is 107 cm³/mol. The molecule has 3 N–H and O–H groups in total. The van der Waals surface area contributed by atoms with Crippen LogP contribution in [-0.4, -0.2) is 38.2 Å². The maximum atomic E-state index is 11.8. The highest BCUT2D eigenvalue weighted by atomic mass is 32.2. The second-order valence-corrected chi connectivity index (χ2v) is 9.09. The van der Waals surface area contributed by atoms with Crippen molar-refractivity contribution >= 4 is 42.4 Å². The Kier molecular flexibility index (Phi) is 5.52. The van der Waals surface area contributed by atoms with Crippen molar-refractivity contribution in [2.24, 2.45) is 10.2 Å². The number of azo groups is 1. The van der Waals surface area contributed by atoms with E-state index in [-0.39, 0.29) is 16.5 Å². The lowest BCUT2D eigenvalue weighted by Gasteiger charge is -2.10. The monoisotopic (exact) mass is 452 g/mol. The van der Waals surface area contributed by atoms with Crippen LogP contribution in [0, 0.1) is 6.92 Å². The lowest BCUT2D eigenvalue weighted by molar-refractivity contribution is 0.415. The van der Waals surface area contributed by atoms with Crippen LogP contribution in [-0.2, 0) is 20.2 Å². The minimum absolute atomic E-state index is 0.0830. The molecular formula is C18H16N2O8S2. The maximum Gasteiger partial charge on any atom is 0.296 e. The zero-order chi connectivity index (χ0) is 22.3. The van der Waals surface area contributed by atoms with E-state index >= 15 is 0 Å². The van der Waals surface area contributed by atoms with Crippen molar-refractivity contribution in [2.75, 3.05) is 7.11 Å². The van der Waals surface area contributed by atoms with Gasteiger partial charge in [0, 0.05) is 5.39 Å². The molecule has 0 saturated carbocycles. The van der Waals surface area contributed by atoms with E-state index < -0.39 is 41.5 Å². The molecule has 3 rings (SSSR count). The van der Waals surface area contributed by atoms with Gasteiger partial charge in [0.15, 0.2) is 5.75 Å². The van der Waals surface area contributed by atoms with Crippen molar-refractivity contribution in [1.82, 2.24) is 0 Å². The first-order chi connectivity index (χ1) is 13.9. The molecule has 0 bridgehead atoms. The number of hydrogen-bond acceptors (Lipinski definition) is 8. The average Bonchev–Trinajstić information content (AvgIpc) is 2.65. The first kappa shape index (κ1) is 21.6. The summed E-state index contributed by atoms with van der Waals surface area (Å²) >= 11 is 0. The zero-order valence-electron chi connectivity index (χ0n) is 15.6. The third-order valence-corrected chi connectivity index (χ3v) is 5.91. The van der Waals surface area contributed by atoms with Crippen LogP contribution < -0.4 is 4.74 Å². The average molecular weight is 452 g/mol. The van der Waals surface area contributed by atoms with Crippen molar-refractivity contribution < 1.29 is 35.8 Å². The van der Waals surface area contributed by atoms with Crippen LogP contribution in [0.15, 0.2) is 62.5 Å². The molecule has 0 aliphatic heterocycles. The van der Waals surface area contributed by atoms with Gasteiger partial charge in [-0.15, -0.1) is 10.2 Å². The number of methoxy groups -OCH3 is 1. The number of benzene rings is 3. The number of hydrogen-bond donors (Lipinski definition) is 3. The van der Waals surface area contributed by atoms with Gasteiger partial charge in [0.2, 0.25) is 0 Å². The van der Waals surface area contributed by atoms with Gasteiger partial charge in [0.05, 0.1) is 12.0 Å². The zero-order valence-corrected chi connectivity index (χ0v) is 17.3. The molecule has 12 heteroatoms. The van der Waals surface area contributed by atoms with Crippen molar-refractivity contribution in [2.45, 2.75) is 16.7 Å². The number of nitrogens with zero attached hydrogens (tertiary/aromatic N) is 2. The van der Waals surface area contributed by atoms with Gasteiger partial charge in [0.25, 0.3) is 20.2 Å². The molecule has 0 atom stereocenters. The number of fused-ring (bicyclic) bond motifs is 1. The third kappa shape index (κ3) is 4.26. The van der Waals surface area contributed by atoms with E-state index in [1.165, 1.54) is 7.11 Å². The quantitative estimate of drug-likeness (QED) is 0.389. The topological polar surface area (TPSA) is 163 Å². The molecule has 3 aromatic rings. The number of aromatic hydroxyl groups is 1. The molecule has 0 fully saturated rings. The van der Waals surface area contributed by atoms with Crippen LogP contribution in [0.2, 0.25) is 0 Å². The molecule has 0 aliphatic carbocycles. The van der Waals surface area contributed by atoms with Crippen LogP contribution in [0.25, 0.3) is 10.8 Å². The van der Waals surface area contributed by atoms with Gasteiger partial charge < -0.3 is 9.84 Å². The number of ether oxygens (including phenoxy) is 1. The molecule has 0 heterocycles. The second-order valence-electron chi connectivity index (χ2n) is 6.28. The smallest absolute Gasteiger partial charge is 0.296 e. The SMILES string of the molecule is COc1ccc(C)cc1N=Nc1c(S(=O)(=O)O)cc2ccc(S(=O)(=O)O)cc2c1O. The van der Waals surface area contributed by atoms with E-state index in [0.29, 0.717) is 5.75 Å². The standard InChI is InChI=1S/C18H16N2O8S2/c1-10-3-6-15(28-2)14(7-10)19-20-17-16(30(25,26)27)8-11-4-5-12(29(22,23)24)9-13(11)18(17)21/h3-9,21H,1-2H3,(H,22,23,24)(H,25,26,27). The van der Waals surface area contributed by atoms with Crippen LogP contribution >= 0.6 is 0 Å². The van der Waals surface area contributed by atoms with Gasteiger partial charge in [-0.25, -0.2) is 0 Å². The van der Waals surface area contributed by atoms with Gasteiger partial charge >= 0.3 is 0 Å².